The Kier molecular flexibility index (Phi) is 6.52. The number of benzene rings is 1. The van der Waals surface area contributed by atoms with Gasteiger partial charge in [0, 0.05) is 0 Å². The van der Waals surface area contributed by atoms with E-state index in [0.29, 0.717) is 22.9 Å². The Balaban J connectivity index is 1.62. The third-order valence-corrected chi connectivity index (χ3v) is 6.24. The van der Waals surface area contributed by atoms with E-state index in [1.54, 1.807) is 4.68 Å². The minimum absolute atomic E-state index is 0.0224. The number of tetrazole rings is 1. The van der Waals surface area contributed by atoms with Crippen LogP contribution in [0, 0.1) is 24.7 Å². The fourth-order valence-corrected chi connectivity index (χ4v) is 4.46. The summed E-state index contributed by atoms with van der Waals surface area (Å²) in [4.78, 5) is 12.5. The Morgan fingerprint density at radius 2 is 2.11 bits per heavy atom. The van der Waals surface area contributed by atoms with Crippen LogP contribution in [-0.4, -0.2) is 38.0 Å². The summed E-state index contributed by atoms with van der Waals surface area (Å²) in [5.74, 6) is 1.61. The molecule has 3 atom stereocenters. The van der Waals surface area contributed by atoms with Gasteiger partial charge in [0.15, 0.2) is 0 Å². The largest absolute Gasteiger partial charge is 0.461 e. The maximum absolute atomic E-state index is 12.5. The number of carbonyl (C=O) groups excluding carboxylic acids is 1. The molecule has 146 valence electrons. The van der Waals surface area contributed by atoms with Crippen LogP contribution in [0.25, 0.3) is 5.69 Å². The van der Waals surface area contributed by atoms with Gasteiger partial charge in [0.2, 0.25) is 5.16 Å². The Bertz CT molecular complexity index is 777. The molecule has 0 radical (unpaired) electrons. The highest BCUT2D eigenvalue weighted by molar-refractivity contribution is 7.99. The van der Waals surface area contributed by atoms with Crippen molar-refractivity contribution < 1.29 is 9.53 Å². The smallest absolute Gasteiger partial charge is 0.316 e. The van der Waals surface area contributed by atoms with Crippen molar-refractivity contribution in [1.82, 2.24) is 20.2 Å². The maximum atomic E-state index is 12.5. The van der Waals surface area contributed by atoms with Crippen molar-refractivity contribution in [3.8, 4) is 5.69 Å². The number of aromatic nitrogens is 4. The molecule has 0 aliphatic heterocycles. The molecule has 1 heterocycles. The predicted octanol–water partition coefficient (Wildman–Crippen LogP) is 4.07. The van der Waals surface area contributed by atoms with E-state index in [1.807, 2.05) is 31.2 Å². The molecule has 1 aliphatic rings. The molecular weight excluding hydrogens is 360 g/mol. The zero-order valence-electron chi connectivity index (χ0n) is 16.5. The van der Waals surface area contributed by atoms with Gasteiger partial charge in [-0.3, -0.25) is 4.79 Å². The van der Waals surface area contributed by atoms with Crippen LogP contribution >= 0.6 is 11.8 Å². The molecule has 0 saturated heterocycles. The lowest BCUT2D eigenvalue weighted by Gasteiger charge is -2.36. The number of para-hydroxylation sites is 1. The van der Waals surface area contributed by atoms with Crippen LogP contribution in [0.2, 0.25) is 0 Å². The number of hydrogen-bond acceptors (Lipinski definition) is 6. The lowest BCUT2D eigenvalue weighted by Crippen LogP contribution is -2.36. The van der Waals surface area contributed by atoms with Gasteiger partial charge >= 0.3 is 5.97 Å². The minimum Gasteiger partial charge on any atom is -0.461 e. The first-order chi connectivity index (χ1) is 13.0. The lowest BCUT2D eigenvalue weighted by molar-refractivity contribution is -0.152. The summed E-state index contributed by atoms with van der Waals surface area (Å²) in [6, 6.07) is 7.90. The number of rotatable bonds is 6. The first-order valence-corrected chi connectivity index (χ1v) is 10.6. The molecule has 0 bridgehead atoms. The second-order valence-corrected chi connectivity index (χ2v) is 8.75. The van der Waals surface area contributed by atoms with Gasteiger partial charge < -0.3 is 4.74 Å². The Morgan fingerprint density at radius 3 is 2.85 bits per heavy atom. The molecule has 2 aromatic rings. The summed E-state index contributed by atoms with van der Waals surface area (Å²) in [6.07, 6.45) is 3.33. The average Bonchev–Trinajstić information content (AvgIpc) is 3.08. The highest BCUT2D eigenvalue weighted by atomic mass is 32.2. The van der Waals surface area contributed by atoms with Crippen molar-refractivity contribution in [1.29, 1.82) is 0 Å². The van der Waals surface area contributed by atoms with Crippen LogP contribution in [0.1, 0.15) is 45.6 Å². The molecule has 0 spiro atoms. The molecule has 27 heavy (non-hydrogen) atoms. The van der Waals surface area contributed by atoms with Crippen LogP contribution in [0.15, 0.2) is 29.4 Å². The van der Waals surface area contributed by atoms with Gasteiger partial charge in [0.05, 0.1) is 11.4 Å². The molecule has 0 N–H and O–H groups in total. The molecule has 1 aromatic heterocycles. The third kappa shape index (κ3) is 4.89. The van der Waals surface area contributed by atoms with Crippen LogP contribution < -0.4 is 0 Å². The number of nitrogens with zero attached hydrogens (tertiary/aromatic N) is 4. The van der Waals surface area contributed by atoms with Crippen LogP contribution in [0.3, 0.4) is 0 Å². The summed E-state index contributed by atoms with van der Waals surface area (Å²) in [5, 5.41) is 12.5. The van der Waals surface area contributed by atoms with E-state index in [2.05, 4.69) is 36.3 Å². The Hall–Kier alpha value is -1.89. The average molecular weight is 389 g/mol. The highest BCUT2D eigenvalue weighted by Crippen LogP contribution is 2.35. The number of hydrogen-bond donors (Lipinski definition) is 0. The van der Waals surface area contributed by atoms with Gasteiger partial charge in [-0.15, -0.1) is 5.10 Å². The summed E-state index contributed by atoms with van der Waals surface area (Å²) in [5.41, 5.74) is 1.99. The SMILES string of the molecule is Cc1ccccc1-n1nnnc1SCC(=O)O[C@H]1C[C@H](C)CC[C@H]1C(C)C. The van der Waals surface area contributed by atoms with Gasteiger partial charge in [-0.05, 0) is 59.6 Å². The predicted molar refractivity (Wildman–Crippen MR) is 106 cm³/mol. The topological polar surface area (TPSA) is 69.9 Å². The van der Waals surface area contributed by atoms with Crippen molar-refractivity contribution in [3.63, 3.8) is 0 Å². The zero-order valence-corrected chi connectivity index (χ0v) is 17.3. The number of carbonyl (C=O) groups is 1. The second-order valence-electron chi connectivity index (χ2n) is 7.80. The summed E-state index contributed by atoms with van der Waals surface area (Å²) < 4.78 is 7.54. The minimum atomic E-state index is -0.191. The molecule has 1 saturated carbocycles. The molecule has 1 fully saturated rings. The first-order valence-electron chi connectivity index (χ1n) is 9.62. The van der Waals surface area contributed by atoms with E-state index in [-0.39, 0.29) is 17.8 Å². The zero-order chi connectivity index (χ0) is 19.4. The highest BCUT2D eigenvalue weighted by Gasteiger charge is 2.33. The standard InChI is InChI=1S/C20H28N4O2S/c1-13(2)16-10-9-14(3)11-18(16)26-19(25)12-27-20-21-22-23-24(20)17-8-6-5-7-15(17)4/h5-8,13-14,16,18H,9-12H2,1-4H3/t14-,16+,18+/m1/s1. The van der Waals surface area contributed by atoms with Crippen molar-refractivity contribution >= 4 is 17.7 Å². The van der Waals surface area contributed by atoms with E-state index in [1.165, 1.54) is 18.2 Å². The number of ether oxygens (including phenoxy) is 1. The van der Waals surface area contributed by atoms with E-state index in [4.69, 9.17) is 4.74 Å². The summed E-state index contributed by atoms with van der Waals surface area (Å²) in [7, 11) is 0. The van der Waals surface area contributed by atoms with Crippen molar-refractivity contribution in [3.05, 3.63) is 29.8 Å². The van der Waals surface area contributed by atoms with E-state index >= 15 is 0 Å². The lowest BCUT2D eigenvalue weighted by atomic mass is 9.75. The number of esters is 1. The number of aryl methyl sites for hydroxylation is 1. The molecule has 0 unspecified atom stereocenters. The molecule has 1 aliphatic carbocycles. The first kappa shape index (κ1) is 19.9. The fraction of sp³-hybridized carbons (Fsp3) is 0.600. The quantitative estimate of drug-likeness (QED) is 0.549. The molecule has 0 amide bonds. The normalized spacial score (nSPS) is 22.8. The maximum Gasteiger partial charge on any atom is 0.316 e. The summed E-state index contributed by atoms with van der Waals surface area (Å²) >= 11 is 1.32. The molecular formula is C20H28N4O2S. The Morgan fingerprint density at radius 1 is 1.33 bits per heavy atom. The van der Waals surface area contributed by atoms with Gasteiger partial charge in [-0.1, -0.05) is 57.2 Å². The van der Waals surface area contributed by atoms with Crippen LogP contribution in [-0.2, 0) is 9.53 Å². The van der Waals surface area contributed by atoms with E-state index < -0.39 is 0 Å². The van der Waals surface area contributed by atoms with Crippen LogP contribution in [0.5, 0.6) is 0 Å². The molecule has 1 aromatic carbocycles. The number of thioether (sulfide) groups is 1. The monoisotopic (exact) mass is 388 g/mol. The van der Waals surface area contributed by atoms with Gasteiger partial charge in [0.25, 0.3) is 0 Å². The molecule has 3 rings (SSSR count). The van der Waals surface area contributed by atoms with Gasteiger partial charge in [0.1, 0.15) is 6.10 Å². The van der Waals surface area contributed by atoms with Crippen LogP contribution in [0.4, 0.5) is 0 Å². The Labute approximate surface area is 165 Å². The van der Waals surface area contributed by atoms with E-state index in [9.17, 15) is 4.79 Å². The molecule has 7 heteroatoms. The second kappa shape index (κ2) is 8.87. The van der Waals surface area contributed by atoms with Crippen molar-refractivity contribution in [2.45, 2.75) is 58.2 Å². The van der Waals surface area contributed by atoms with Crippen molar-refractivity contribution in [2.75, 3.05) is 5.75 Å². The van der Waals surface area contributed by atoms with Crippen molar-refractivity contribution in [2.24, 2.45) is 17.8 Å². The third-order valence-electron chi connectivity index (χ3n) is 5.35. The van der Waals surface area contributed by atoms with Gasteiger partial charge in [-0.2, -0.15) is 4.68 Å². The van der Waals surface area contributed by atoms with E-state index in [0.717, 1.165) is 24.1 Å². The van der Waals surface area contributed by atoms with Gasteiger partial charge in [-0.25, -0.2) is 0 Å². The fourth-order valence-electron chi connectivity index (χ4n) is 3.80. The molecule has 6 nitrogen and oxygen atoms in total. The summed E-state index contributed by atoms with van der Waals surface area (Å²) in [6.45, 7) is 8.68.